The molecule has 0 aliphatic carbocycles. The second-order valence-electron chi connectivity index (χ2n) is 4.57. The van der Waals surface area contributed by atoms with E-state index < -0.39 is 10.4 Å². The average Bonchev–Trinajstić information content (AvgIpc) is 2.45. The molecule has 0 aromatic heterocycles. The van der Waals surface area contributed by atoms with Crippen molar-refractivity contribution >= 4 is 16.4 Å². The van der Waals surface area contributed by atoms with Crippen molar-refractivity contribution in [1.29, 1.82) is 0 Å². The molecule has 7 nitrogen and oxygen atoms in total. The molecule has 1 atom stereocenters. The van der Waals surface area contributed by atoms with Gasteiger partial charge in [0.2, 0.25) is 16.6 Å². The van der Waals surface area contributed by atoms with Gasteiger partial charge in [0.1, 0.15) is 0 Å². The SMILES string of the molecule is C=CC(=O)OC(CCC)[N+](C)(CC)CC.COS(=O)(=O)[O-]. The monoisotopic (exact) mass is 325 g/mol. The van der Waals surface area contributed by atoms with Crippen LogP contribution in [0.3, 0.4) is 0 Å². The molecule has 0 rings (SSSR count). The van der Waals surface area contributed by atoms with Crippen LogP contribution in [0.4, 0.5) is 0 Å². The minimum atomic E-state index is -4.41. The number of hydrogen-bond donors (Lipinski definition) is 0. The maximum absolute atomic E-state index is 11.2. The Bertz CT molecular complexity index is 403. The van der Waals surface area contributed by atoms with E-state index in [2.05, 4.69) is 38.6 Å². The topological polar surface area (TPSA) is 92.7 Å². The van der Waals surface area contributed by atoms with Gasteiger partial charge in [-0.3, -0.25) is 8.67 Å². The number of nitrogens with zero attached hydrogens (tertiary/aromatic N) is 1. The Hall–Kier alpha value is -0.960. The van der Waals surface area contributed by atoms with Crippen molar-refractivity contribution in [2.45, 2.75) is 39.8 Å². The fraction of sp³-hybridized carbons (Fsp3) is 0.769. The Labute approximate surface area is 128 Å². The zero-order valence-corrected chi connectivity index (χ0v) is 14.3. The van der Waals surface area contributed by atoms with Gasteiger partial charge in [-0.05, 0) is 20.3 Å². The third-order valence-electron chi connectivity index (χ3n) is 3.30. The molecule has 0 bridgehead atoms. The lowest BCUT2D eigenvalue weighted by Crippen LogP contribution is -2.53. The molecule has 21 heavy (non-hydrogen) atoms. The number of carbonyl (C=O) groups excluding carboxylic acids is 1. The van der Waals surface area contributed by atoms with Gasteiger partial charge in [0.25, 0.3) is 0 Å². The van der Waals surface area contributed by atoms with E-state index in [4.69, 9.17) is 4.74 Å². The molecule has 0 N–H and O–H groups in total. The van der Waals surface area contributed by atoms with E-state index in [-0.39, 0.29) is 12.2 Å². The second kappa shape index (κ2) is 10.7. The van der Waals surface area contributed by atoms with Crippen molar-refractivity contribution in [1.82, 2.24) is 0 Å². The van der Waals surface area contributed by atoms with Crippen LogP contribution in [0.2, 0.25) is 0 Å². The molecule has 0 aromatic rings. The predicted molar refractivity (Wildman–Crippen MR) is 79.0 cm³/mol. The van der Waals surface area contributed by atoms with Crippen molar-refractivity contribution in [3.8, 4) is 0 Å². The van der Waals surface area contributed by atoms with Crippen LogP contribution in [-0.4, -0.2) is 56.9 Å². The Morgan fingerprint density at radius 1 is 1.33 bits per heavy atom. The lowest BCUT2D eigenvalue weighted by Gasteiger charge is -2.38. The van der Waals surface area contributed by atoms with Crippen molar-refractivity contribution in [3.05, 3.63) is 12.7 Å². The number of esters is 1. The summed E-state index contributed by atoms with van der Waals surface area (Å²) in [6.45, 7) is 11.7. The van der Waals surface area contributed by atoms with Crippen molar-refractivity contribution < 1.29 is 31.2 Å². The predicted octanol–water partition coefficient (Wildman–Crippen LogP) is 1.42. The van der Waals surface area contributed by atoms with Gasteiger partial charge in [-0.2, -0.15) is 0 Å². The minimum absolute atomic E-state index is 0.0458. The number of hydrogen-bond acceptors (Lipinski definition) is 6. The molecule has 0 saturated carbocycles. The van der Waals surface area contributed by atoms with Crippen LogP contribution in [-0.2, 0) is 24.1 Å². The third kappa shape index (κ3) is 10.4. The Balaban J connectivity index is 0. The normalized spacial score (nSPS) is 12.9. The van der Waals surface area contributed by atoms with Gasteiger partial charge < -0.3 is 9.29 Å². The zero-order chi connectivity index (χ0) is 17.1. The molecule has 0 fully saturated rings. The summed E-state index contributed by atoms with van der Waals surface area (Å²) >= 11 is 0. The van der Waals surface area contributed by atoms with Crippen LogP contribution in [0.25, 0.3) is 0 Å². The number of ether oxygens (including phenoxy) is 1. The van der Waals surface area contributed by atoms with Gasteiger partial charge in [0.05, 0.1) is 27.2 Å². The molecule has 0 heterocycles. The van der Waals surface area contributed by atoms with Gasteiger partial charge in [0.15, 0.2) is 0 Å². The largest absolute Gasteiger partial charge is 0.726 e. The summed E-state index contributed by atoms with van der Waals surface area (Å²) in [6, 6.07) is 0. The highest BCUT2D eigenvalue weighted by Crippen LogP contribution is 2.16. The lowest BCUT2D eigenvalue weighted by atomic mass is 10.2. The van der Waals surface area contributed by atoms with Gasteiger partial charge in [-0.25, -0.2) is 13.2 Å². The molecular formula is C13H27NO6S. The molecule has 0 aromatic carbocycles. The first kappa shape index (κ1) is 22.3. The molecular weight excluding hydrogens is 298 g/mol. The van der Waals surface area contributed by atoms with E-state index in [1.807, 2.05) is 0 Å². The first-order valence-corrected chi connectivity index (χ1v) is 8.12. The first-order valence-electron chi connectivity index (χ1n) is 6.78. The van der Waals surface area contributed by atoms with Gasteiger partial charge in [-0.15, -0.1) is 0 Å². The van der Waals surface area contributed by atoms with Crippen LogP contribution in [0, 0.1) is 0 Å². The van der Waals surface area contributed by atoms with Gasteiger partial charge >= 0.3 is 5.97 Å². The van der Waals surface area contributed by atoms with Crippen molar-refractivity contribution in [2.24, 2.45) is 0 Å². The molecule has 0 saturated heterocycles. The maximum Gasteiger partial charge on any atom is 0.334 e. The second-order valence-corrected chi connectivity index (χ2v) is 5.72. The van der Waals surface area contributed by atoms with E-state index in [0.717, 1.165) is 37.5 Å². The van der Waals surface area contributed by atoms with E-state index in [1.165, 1.54) is 6.08 Å². The van der Waals surface area contributed by atoms with Crippen molar-refractivity contribution in [3.63, 3.8) is 0 Å². The molecule has 0 aliphatic rings. The quantitative estimate of drug-likeness (QED) is 0.167. The first-order chi connectivity index (χ1) is 9.60. The molecule has 0 amide bonds. The molecule has 0 aliphatic heterocycles. The maximum atomic E-state index is 11.2. The van der Waals surface area contributed by atoms with E-state index in [0.29, 0.717) is 0 Å². The van der Waals surface area contributed by atoms with E-state index in [1.54, 1.807) is 0 Å². The zero-order valence-electron chi connectivity index (χ0n) is 13.5. The molecule has 0 radical (unpaired) electrons. The third-order valence-corrected chi connectivity index (χ3v) is 3.71. The molecule has 1 unspecified atom stereocenters. The number of carbonyl (C=O) groups is 1. The Morgan fingerprint density at radius 3 is 2.00 bits per heavy atom. The van der Waals surface area contributed by atoms with Crippen LogP contribution < -0.4 is 0 Å². The summed E-state index contributed by atoms with van der Waals surface area (Å²) in [5.74, 6) is -0.320. The summed E-state index contributed by atoms with van der Waals surface area (Å²) < 4.78 is 37.2. The minimum Gasteiger partial charge on any atom is -0.726 e. The number of quaternary nitrogens is 1. The van der Waals surface area contributed by atoms with Crippen LogP contribution in [0.1, 0.15) is 33.6 Å². The summed E-state index contributed by atoms with van der Waals surface area (Å²) in [4.78, 5) is 11.2. The summed E-state index contributed by atoms with van der Waals surface area (Å²) in [7, 11) is -1.48. The average molecular weight is 325 g/mol. The molecule has 0 spiro atoms. The molecule has 8 heteroatoms. The fourth-order valence-corrected chi connectivity index (χ4v) is 1.56. The Kier molecular flexibility index (Phi) is 11.4. The highest BCUT2D eigenvalue weighted by Gasteiger charge is 2.31. The summed E-state index contributed by atoms with van der Waals surface area (Å²) in [5, 5.41) is 0. The number of rotatable bonds is 8. The smallest absolute Gasteiger partial charge is 0.334 e. The summed E-state index contributed by atoms with van der Waals surface area (Å²) in [5.41, 5.74) is 0. The fourth-order valence-electron chi connectivity index (χ4n) is 1.56. The molecule has 126 valence electrons. The van der Waals surface area contributed by atoms with Crippen LogP contribution >= 0.6 is 0 Å². The van der Waals surface area contributed by atoms with Crippen LogP contribution in [0.15, 0.2) is 12.7 Å². The standard InChI is InChI=1S/C12H24NO2.CH4O4S/c1-6-10-11(15-12(14)7-2)13(5,8-3)9-4;1-5-6(2,3)4/h7,11H,2,6,8-10H2,1,3-5H3;1H3,(H,2,3,4)/q+1;/p-1. The highest BCUT2D eigenvalue weighted by molar-refractivity contribution is 7.80. The Morgan fingerprint density at radius 2 is 1.76 bits per heavy atom. The van der Waals surface area contributed by atoms with Gasteiger partial charge in [0, 0.05) is 12.5 Å². The summed E-state index contributed by atoms with van der Waals surface area (Å²) in [6.07, 6.45) is 3.11. The van der Waals surface area contributed by atoms with E-state index >= 15 is 0 Å². The van der Waals surface area contributed by atoms with Gasteiger partial charge in [-0.1, -0.05) is 13.5 Å². The van der Waals surface area contributed by atoms with Crippen LogP contribution in [0.5, 0.6) is 0 Å². The lowest BCUT2D eigenvalue weighted by molar-refractivity contribution is -0.949. The van der Waals surface area contributed by atoms with Crippen molar-refractivity contribution in [2.75, 3.05) is 27.2 Å². The van der Waals surface area contributed by atoms with E-state index in [9.17, 15) is 17.8 Å². The highest BCUT2D eigenvalue weighted by atomic mass is 32.3.